The predicted octanol–water partition coefficient (Wildman–Crippen LogP) is 0.999. The first kappa shape index (κ1) is 34.6. The molecular formula is C39H35ClN3O7P. The second-order valence-electron chi connectivity index (χ2n) is 12.5. The molecule has 0 saturated carbocycles. The van der Waals surface area contributed by atoms with Gasteiger partial charge < -0.3 is 18.6 Å². The fourth-order valence-electron chi connectivity index (χ4n) is 7.42. The van der Waals surface area contributed by atoms with E-state index in [2.05, 4.69) is 102 Å². The number of anilines is 1. The summed E-state index contributed by atoms with van der Waals surface area (Å²) >= 11 is 0. The number of oxazole rings is 1. The Balaban J connectivity index is 0.000000761. The summed E-state index contributed by atoms with van der Waals surface area (Å²) in [6.45, 7) is 2.26. The molecule has 260 valence electrons. The van der Waals surface area contributed by atoms with Crippen molar-refractivity contribution in [2.24, 2.45) is 5.92 Å². The third-order valence-corrected chi connectivity index (χ3v) is 13.6. The topological polar surface area (TPSA) is 153 Å². The fourth-order valence-corrected chi connectivity index (χ4v) is 11.6. The summed E-state index contributed by atoms with van der Waals surface area (Å²) in [4.78, 5) is 20.8. The van der Waals surface area contributed by atoms with Crippen LogP contribution in [0, 0.1) is 16.2 Å². The number of pyridine rings is 1. The van der Waals surface area contributed by atoms with Gasteiger partial charge in [0.25, 0.3) is 16.9 Å². The lowest BCUT2D eigenvalue weighted by Gasteiger charge is -2.42. The van der Waals surface area contributed by atoms with E-state index in [1.54, 1.807) is 13.2 Å². The monoisotopic (exact) mass is 723 g/mol. The summed E-state index contributed by atoms with van der Waals surface area (Å²) < 4.78 is 48.4. The highest BCUT2D eigenvalue weighted by atomic mass is 35.7. The van der Waals surface area contributed by atoms with Gasteiger partial charge in [0.15, 0.2) is 7.26 Å². The predicted molar refractivity (Wildman–Crippen MR) is 187 cm³/mol. The Morgan fingerprint density at radius 2 is 1.27 bits per heavy atom. The molecule has 4 aromatic carbocycles. The van der Waals surface area contributed by atoms with Crippen LogP contribution in [0.1, 0.15) is 18.0 Å². The molecule has 2 atom stereocenters. The highest BCUT2D eigenvalue weighted by molar-refractivity contribution is 8.01. The van der Waals surface area contributed by atoms with Crippen molar-refractivity contribution >= 4 is 34.5 Å². The van der Waals surface area contributed by atoms with E-state index in [0.717, 1.165) is 47.8 Å². The molecule has 6 aromatic rings. The molecule has 2 bridgehead atoms. The van der Waals surface area contributed by atoms with Crippen LogP contribution in [0.3, 0.4) is 0 Å². The summed E-state index contributed by atoms with van der Waals surface area (Å²) in [5.41, 5.74) is 3.06. The normalized spacial score (nSPS) is 16.8. The Labute approximate surface area is 297 Å². The summed E-state index contributed by atoms with van der Waals surface area (Å²) in [5.74, 6) is 2.74. The molecule has 0 aliphatic carbocycles. The van der Waals surface area contributed by atoms with E-state index < -0.39 is 17.5 Å². The summed E-state index contributed by atoms with van der Waals surface area (Å²) in [6.07, 6.45) is 1.06. The lowest BCUT2D eigenvalue weighted by atomic mass is 9.83. The number of hydrogen-bond donors (Lipinski definition) is 0. The molecule has 0 radical (unpaired) electrons. The van der Waals surface area contributed by atoms with Gasteiger partial charge in [-0.1, -0.05) is 60.7 Å². The van der Waals surface area contributed by atoms with Crippen LogP contribution in [-0.4, -0.2) is 29.8 Å². The van der Waals surface area contributed by atoms with Crippen molar-refractivity contribution in [1.29, 1.82) is 0 Å². The van der Waals surface area contributed by atoms with Crippen LogP contribution in [0.5, 0.6) is 5.75 Å². The van der Waals surface area contributed by atoms with E-state index in [1.807, 2.05) is 34.9 Å². The number of rotatable bonds is 7. The minimum Gasteiger partial charge on any atom is -0.497 e. The molecule has 12 heteroatoms. The standard InChI is InChI=1S/C39H35N3O3P.ClHO4/c1-44-31-22-20-29(21-23-31)37-40-38(39(45-37)41-25-28-24-30(27-41)35-18-11-19-36(43)42(35)26-28)46(32-12-5-2-6-13-32,33-14-7-3-8-15-33)34-16-9-4-10-17-34;2-1(3,4)5/h2-23,28,30H,24-27H2,1H3;(H,2,3,4,5)/q+1;/p-1/t28-,30+;/m0./s1. The van der Waals surface area contributed by atoms with Crippen molar-refractivity contribution in [3.63, 3.8) is 0 Å². The van der Waals surface area contributed by atoms with Crippen LogP contribution in [0.4, 0.5) is 5.88 Å². The molecule has 4 heterocycles. The zero-order valence-electron chi connectivity index (χ0n) is 27.7. The van der Waals surface area contributed by atoms with Gasteiger partial charge in [0, 0.05) is 42.9 Å². The van der Waals surface area contributed by atoms with E-state index in [0.29, 0.717) is 18.4 Å². The lowest BCUT2D eigenvalue weighted by Crippen LogP contribution is -2.68. The van der Waals surface area contributed by atoms with E-state index >= 15 is 0 Å². The Bertz CT molecular complexity index is 2040. The number of fused-ring (bicyclic) bond motifs is 4. The summed E-state index contributed by atoms with van der Waals surface area (Å²) in [5, 5.41) is 3.66. The SMILES string of the molecule is COc1ccc(-c2nc([P+](c3ccccc3)(c3ccccc3)c3ccccc3)c(N3C[C@@H]4C[C@H](C3)c3cccc(=O)n3C4)o2)cc1.[O-][Cl+3]([O-])([O-])[O-]. The number of halogens is 1. The van der Waals surface area contributed by atoms with Crippen molar-refractivity contribution in [3.05, 3.63) is 150 Å². The molecule has 8 rings (SSSR count). The Morgan fingerprint density at radius 1 is 0.725 bits per heavy atom. The summed E-state index contributed by atoms with van der Waals surface area (Å²) in [7, 11) is -5.82. The van der Waals surface area contributed by atoms with Crippen LogP contribution in [-0.2, 0) is 6.54 Å². The molecule has 0 N–H and O–H groups in total. The maximum atomic E-state index is 12.8. The number of methoxy groups -OCH3 is 1. The number of hydrogen-bond acceptors (Lipinski definition) is 9. The maximum Gasteiger partial charge on any atom is 0.262 e. The van der Waals surface area contributed by atoms with Crippen LogP contribution >= 0.6 is 7.26 Å². The van der Waals surface area contributed by atoms with Crippen molar-refractivity contribution in [1.82, 2.24) is 9.55 Å². The number of nitrogens with zero attached hydrogens (tertiary/aromatic N) is 3. The van der Waals surface area contributed by atoms with Gasteiger partial charge in [-0.3, -0.25) is 4.79 Å². The van der Waals surface area contributed by atoms with Gasteiger partial charge in [0.05, 0.1) is 7.11 Å². The first-order valence-corrected chi connectivity index (χ1v) is 19.5. The van der Waals surface area contributed by atoms with Crippen LogP contribution in [0.2, 0.25) is 0 Å². The molecule has 0 unspecified atom stereocenters. The zero-order valence-corrected chi connectivity index (χ0v) is 29.4. The molecule has 10 nitrogen and oxygen atoms in total. The molecule has 1 fully saturated rings. The third-order valence-electron chi connectivity index (χ3n) is 9.44. The van der Waals surface area contributed by atoms with E-state index in [4.69, 9.17) is 32.8 Å². The molecule has 2 aliphatic rings. The van der Waals surface area contributed by atoms with Crippen LogP contribution < -0.4 is 55.2 Å². The molecule has 51 heavy (non-hydrogen) atoms. The first-order chi connectivity index (χ1) is 24.6. The average molecular weight is 724 g/mol. The Morgan fingerprint density at radius 3 is 1.80 bits per heavy atom. The maximum absolute atomic E-state index is 12.8. The minimum atomic E-state index is -4.94. The van der Waals surface area contributed by atoms with Gasteiger partial charge in [-0.25, -0.2) is 18.6 Å². The van der Waals surface area contributed by atoms with Gasteiger partial charge in [0.1, 0.15) is 21.7 Å². The van der Waals surface area contributed by atoms with Crippen molar-refractivity contribution in [2.75, 3.05) is 25.1 Å². The van der Waals surface area contributed by atoms with Crippen molar-refractivity contribution < 1.29 is 38.0 Å². The van der Waals surface area contributed by atoms with Gasteiger partial charge >= 0.3 is 0 Å². The quantitative estimate of drug-likeness (QED) is 0.220. The average Bonchev–Trinajstić information content (AvgIpc) is 3.59. The number of ether oxygens (including phenoxy) is 1. The van der Waals surface area contributed by atoms with Gasteiger partial charge in [-0.15, -0.1) is 10.2 Å². The van der Waals surface area contributed by atoms with Crippen molar-refractivity contribution in [2.45, 2.75) is 18.9 Å². The first-order valence-electron chi connectivity index (χ1n) is 16.4. The molecule has 0 spiro atoms. The second kappa shape index (κ2) is 14.4. The number of aromatic nitrogens is 2. The minimum absolute atomic E-state index is 0.0879. The van der Waals surface area contributed by atoms with Gasteiger partial charge in [0.2, 0.25) is 5.89 Å². The van der Waals surface area contributed by atoms with Crippen molar-refractivity contribution in [3.8, 4) is 17.2 Å². The molecule has 2 aliphatic heterocycles. The van der Waals surface area contributed by atoms with Crippen LogP contribution in [0.15, 0.2) is 143 Å². The van der Waals surface area contributed by atoms with E-state index in [-0.39, 0.29) is 11.5 Å². The third kappa shape index (κ3) is 7.07. The van der Waals surface area contributed by atoms with E-state index in [9.17, 15) is 4.79 Å². The summed E-state index contributed by atoms with van der Waals surface area (Å²) in [6, 6.07) is 46.1. The lowest BCUT2D eigenvalue weighted by molar-refractivity contribution is -2.00. The highest BCUT2D eigenvalue weighted by Crippen LogP contribution is 2.56. The van der Waals surface area contributed by atoms with Gasteiger partial charge in [-0.2, -0.15) is 4.98 Å². The molecule has 2 aromatic heterocycles. The fraction of sp³-hybridized carbons (Fsp3) is 0.179. The smallest absolute Gasteiger partial charge is 0.262 e. The Hall–Kier alpha value is -4.80. The Kier molecular flexibility index (Phi) is 9.81. The molecule has 1 saturated heterocycles. The van der Waals surface area contributed by atoms with E-state index in [1.165, 1.54) is 15.9 Å². The number of benzene rings is 4. The second-order valence-corrected chi connectivity index (χ2v) is 16.6. The van der Waals surface area contributed by atoms with Crippen LogP contribution in [0.25, 0.3) is 11.5 Å². The number of piperidine rings is 1. The molecule has 0 amide bonds. The highest BCUT2D eigenvalue weighted by Gasteiger charge is 2.54. The zero-order chi connectivity index (χ0) is 35.6. The molecular weight excluding hydrogens is 689 g/mol. The largest absolute Gasteiger partial charge is 0.497 e. The van der Waals surface area contributed by atoms with Gasteiger partial charge in [-0.05, 0) is 79.1 Å².